The number of nitrogens with zero attached hydrogens (tertiary/aromatic N) is 1. The number of benzene rings is 1. The third kappa shape index (κ3) is 3.09. The van der Waals surface area contributed by atoms with E-state index in [0.29, 0.717) is 0 Å². The molecule has 0 heterocycles. The van der Waals surface area contributed by atoms with Crippen LogP contribution < -0.4 is 0 Å². The highest BCUT2D eigenvalue weighted by Crippen LogP contribution is 1.97. The molecule has 0 N–H and O–H groups in total. The van der Waals surface area contributed by atoms with Gasteiger partial charge < -0.3 is 4.84 Å². The van der Waals surface area contributed by atoms with Gasteiger partial charge in [0, 0.05) is 0 Å². The normalized spacial score (nSPS) is 10.9. The van der Waals surface area contributed by atoms with Crippen LogP contribution in [-0.4, -0.2) is 12.8 Å². The molecule has 0 saturated heterocycles. The van der Waals surface area contributed by atoms with Gasteiger partial charge in [-0.05, 0) is 5.56 Å². The lowest BCUT2D eigenvalue weighted by Gasteiger charge is -1.93. The molecule has 0 aliphatic heterocycles. The Morgan fingerprint density at radius 3 is 2.50 bits per heavy atom. The fourth-order valence-electron chi connectivity index (χ4n) is 0.676. The van der Waals surface area contributed by atoms with E-state index in [1.165, 1.54) is 6.21 Å². The van der Waals surface area contributed by atoms with Crippen LogP contribution in [0.3, 0.4) is 0 Å². The number of alkyl halides is 2. The lowest BCUT2D eigenvalue weighted by atomic mass is 10.2. The first-order valence-corrected chi connectivity index (χ1v) is 3.31. The van der Waals surface area contributed by atoms with E-state index in [9.17, 15) is 8.78 Å². The van der Waals surface area contributed by atoms with E-state index in [4.69, 9.17) is 0 Å². The first-order valence-electron chi connectivity index (χ1n) is 3.31. The summed E-state index contributed by atoms with van der Waals surface area (Å²) < 4.78 is 22.8. The second kappa shape index (κ2) is 4.43. The Bertz CT molecular complexity index is 248. The quantitative estimate of drug-likeness (QED) is 0.505. The molecule has 1 aromatic rings. The summed E-state index contributed by atoms with van der Waals surface area (Å²) in [5.74, 6) is 0. The van der Waals surface area contributed by atoms with Crippen molar-refractivity contribution in [2.24, 2.45) is 5.16 Å². The van der Waals surface area contributed by atoms with E-state index < -0.39 is 6.61 Å². The van der Waals surface area contributed by atoms with Gasteiger partial charge in [0.15, 0.2) is 0 Å². The van der Waals surface area contributed by atoms with Crippen molar-refractivity contribution in [3.8, 4) is 0 Å². The molecule has 0 saturated carbocycles. The maximum Gasteiger partial charge on any atom is 0.407 e. The van der Waals surface area contributed by atoms with Crippen molar-refractivity contribution in [2.45, 2.75) is 6.61 Å². The molecule has 0 aromatic heterocycles. The van der Waals surface area contributed by atoms with Gasteiger partial charge in [-0.3, -0.25) is 0 Å². The SMILES string of the molecule is FC(F)O/N=C\c1ccccc1. The Labute approximate surface area is 68.5 Å². The van der Waals surface area contributed by atoms with Crippen LogP contribution in [0.15, 0.2) is 35.5 Å². The van der Waals surface area contributed by atoms with Crippen molar-refractivity contribution >= 4 is 6.21 Å². The average molecular weight is 171 g/mol. The minimum atomic E-state index is -2.86. The first kappa shape index (κ1) is 8.64. The van der Waals surface area contributed by atoms with Crippen molar-refractivity contribution in [3.63, 3.8) is 0 Å². The van der Waals surface area contributed by atoms with Gasteiger partial charge in [-0.15, -0.1) is 0 Å². The molecule has 0 unspecified atom stereocenters. The number of hydrogen-bond donors (Lipinski definition) is 0. The molecule has 0 fully saturated rings. The Balaban J connectivity index is 2.47. The zero-order chi connectivity index (χ0) is 8.81. The summed E-state index contributed by atoms with van der Waals surface area (Å²) in [6.45, 7) is -2.86. The van der Waals surface area contributed by atoms with Crippen LogP contribution in [0.25, 0.3) is 0 Å². The number of oxime groups is 1. The van der Waals surface area contributed by atoms with E-state index in [1.807, 2.05) is 6.07 Å². The molecule has 0 aliphatic rings. The molecule has 0 radical (unpaired) electrons. The van der Waals surface area contributed by atoms with Crippen LogP contribution in [0, 0.1) is 0 Å². The lowest BCUT2D eigenvalue weighted by molar-refractivity contribution is -0.127. The van der Waals surface area contributed by atoms with Crippen LogP contribution >= 0.6 is 0 Å². The summed E-state index contributed by atoms with van der Waals surface area (Å²) in [5, 5.41) is 3.07. The average Bonchev–Trinajstić information content (AvgIpc) is 2.05. The van der Waals surface area contributed by atoms with Crippen LogP contribution in [0.2, 0.25) is 0 Å². The van der Waals surface area contributed by atoms with Gasteiger partial charge in [-0.25, -0.2) is 0 Å². The summed E-state index contributed by atoms with van der Waals surface area (Å²) in [4.78, 5) is 3.68. The minimum Gasteiger partial charge on any atom is -0.326 e. The smallest absolute Gasteiger partial charge is 0.326 e. The molecule has 2 nitrogen and oxygen atoms in total. The Hall–Kier alpha value is -1.45. The zero-order valence-electron chi connectivity index (χ0n) is 6.15. The monoisotopic (exact) mass is 171 g/mol. The van der Waals surface area contributed by atoms with Crippen molar-refractivity contribution in [1.82, 2.24) is 0 Å². The van der Waals surface area contributed by atoms with E-state index in [1.54, 1.807) is 24.3 Å². The molecule has 4 heteroatoms. The zero-order valence-corrected chi connectivity index (χ0v) is 6.15. The highest BCUT2D eigenvalue weighted by atomic mass is 19.3. The van der Waals surface area contributed by atoms with Gasteiger partial charge in [0.25, 0.3) is 0 Å². The molecule has 0 atom stereocenters. The van der Waals surface area contributed by atoms with Gasteiger partial charge >= 0.3 is 6.61 Å². The van der Waals surface area contributed by atoms with E-state index >= 15 is 0 Å². The highest BCUT2D eigenvalue weighted by Gasteiger charge is 1.97. The minimum absolute atomic E-state index is 0.721. The molecule has 1 aromatic carbocycles. The summed E-state index contributed by atoms with van der Waals surface area (Å²) >= 11 is 0. The highest BCUT2D eigenvalue weighted by molar-refractivity contribution is 5.78. The summed E-state index contributed by atoms with van der Waals surface area (Å²) in [6, 6.07) is 8.86. The molecule has 0 bridgehead atoms. The number of hydrogen-bond acceptors (Lipinski definition) is 2. The van der Waals surface area contributed by atoms with Crippen LogP contribution in [0.1, 0.15) is 5.56 Å². The van der Waals surface area contributed by atoms with E-state index in [-0.39, 0.29) is 0 Å². The summed E-state index contributed by atoms with van der Waals surface area (Å²) in [7, 11) is 0. The van der Waals surface area contributed by atoms with Crippen LogP contribution in [0.5, 0.6) is 0 Å². The second-order valence-corrected chi connectivity index (χ2v) is 2.01. The maximum atomic E-state index is 11.4. The van der Waals surface area contributed by atoms with Gasteiger partial charge in [0.1, 0.15) is 0 Å². The van der Waals surface area contributed by atoms with E-state index in [2.05, 4.69) is 9.99 Å². The molecule has 0 spiro atoms. The molecule has 0 aliphatic carbocycles. The fourth-order valence-corrected chi connectivity index (χ4v) is 0.676. The summed E-state index contributed by atoms with van der Waals surface area (Å²) in [5.41, 5.74) is 0.721. The Kier molecular flexibility index (Phi) is 3.19. The molecule has 64 valence electrons. The van der Waals surface area contributed by atoms with E-state index in [0.717, 1.165) is 5.56 Å². The van der Waals surface area contributed by atoms with Gasteiger partial charge in [-0.1, -0.05) is 35.5 Å². The molecular weight excluding hydrogens is 164 g/mol. The standard InChI is InChI=1S/C8H7F2NO/c9-8(10)12-11-6-7-4-2-1-3-5-7/h1-6,8H/b11-6-. The van der Waals surface area contributed by atoms with Gasteiger partial charge in [0.2, 0.25) is 0 Å². The van der Waals surface area contributed by atoms with Gasteiger partial charge in [-0.2, -0.15) is 8.78 Å². The van der Waals surface area contributed by atoms with Crippen molar-refractivity contribution in [2.75, 3.05) is 0 Å². The number of rotatable bonds is 3. The van der Waals surface area contributed by atoms with Crippen molar-refractivity contribution in [1.29, 1.82) is 0 Å². The molecular formula is C8H7F2NO. The van der Waals surface area contributed by atoms with Crippen LogP contribution in [0.4, 0.5) is 8.78 Å². The molecule has 12 heavy (non-hydrogen) atoms. The van der Waals surface area contributed by atoms with Gasteiger partial charge in [0.05, 0.1) is 6.21 Å². The third-order valence-corrected chi connectivity index (χ3v) is 1.14. The fraction of sp³-hybridized carbons (Fsp3) is 0.125. The predicted octanol–water partition coefficient (Wildman–Crippen LogP) is 2.26. The largest absolute Gasteiger partial charge is 0.407 e. The van der Waals surface area contributed by atoms with Crippen molar-refractivity contribution in [3.05, 3.63) is 35.9 Å². The van der Waals surface area contributed by atoms with Crippen molar-refractivity contribution < 1.29 is 13.6 Å². The molecule has 0 amide bonds. The number of halogens is 2. The maximum absolute atomic E-state index is 11.4. The predicted molar refractivity (Wildman–Crippen MR) is 41.1 cm³/mol. The first-order chi connectivity index (χ1) is 5.79. The third-order valence-electron chi connectivity index (χ3n) is 1.14. The lowest BCUT2D eigenvalue weighted by Crippen LogP contribution is -1.91. The second-order valence-electron chi connectivity index (χ2n) is 2.01. The summed E-state index contributed by atoms with van der Waals surface area (Å²) in [6.07, 6.45) is 1.23. The Morgan fingerprint density at radius 2 is 1.92 bits per heavy atom. The van der Waals surface area contributed by atoms with Crippen LogP contribution in [-0.2, 0) is 4.84 Å². The topological polar surface area (TPSA) is 21.6 Å². The molecule has 1 rings (SSSR count). The Morgan fingerprint density at radius 1 is 1.25 bits per heavy atom.